The highest BCUT2D eigenvalue weighted by Gasteiger charge is 2.31. The zero-order valence-electron chi connectivity index (χ0n) is 12.8. The van der Waals surface area contributed by atoms with Gasteiger partial charge in [-0.1, -0.05) is 31.0 Å². The molecule has 0 radical (unpaired) electrons. The van der Waals surface area contributed by atoms with Crippen LogP contribution in [0.5, 0.6) is 5.75 Å². The summed E-state index contributed by atoms with van der Waals surface area (Å²) in [5.41, 5.74) is 5.88. The highest BCUT2D eigenvalue weighted by atomic mass is 16.5. The maximum Gasteiger partial charge on any atom is 0.260 e. The lowest BCUT2D eigenvalue weighted by Crippen LogP contribution is -2.49. The fourth-order valence-electron chi connectivity index (χ4n) is 3.21. The van der Waals surface area contributed by atoms with Crippen molar-refractivity contribution < 1.29 is 9.53 Å². The van der Waals surface area contributed by atoms with Crippen LogP contribution in [0.25, 0.3) is 0 Å². The van der Waals surface area contributed by atoms with Crippen molar-refractivity contribution >= 4 is 5.91 Å². The monoisotopic (exact) mass is 290 g/mol. The SMILES string of the molecule is CCN(C(=O)COc1ccccc1)C1CCCCC1CN. The first kappa shape index (κ1) is 15.8. The van der Waals surface area contributed by atoms with Crippen molar-refractivity contribution in [3.63, 3.8) is 0 Å². The van der Waals surface area contributed by atoms with Gasteiger partial charge in [0.1, 0.15) is 5.75 Å². The Kier molecular flexibility index (Phi) is 6.05. The summed E-state index contributed by atoms with van der Waals surface area (Å²) in [6.45, 7) is 3.51. The molecule has 0 spiro atoms. The summed E-state index contributed by atoms with van der Waals surface area (Å²) in [5.74, 6) is 1.23. The van der Waals surface area contributed by atoms with Gasteiger partial charge in [-0.2, -0.15) is 0 Å². The van der Waals surface area contributed by atoms with Gasteiger partial charge in [-0.3, -0.25) is 4.79 Å². The van der Waals surface area contributed by atoms with Crippen LogP contribution in [0.4, 0.5) is 0 Å². The molecule has 2 rings (SSSR count). The molecule has 1 aromatic carbocycles. The lowest BCUT2D eigenvalue weighted by molar-refractivity contribution is -0.137. The van der Waals surface area contributed by atoms with Crippen LogP contribution in [0.1, 0.15) is 32.6 Å². The molecular formula is C17H26N2O2. The molecule has 21 heavy (non-hydrogen) atoms. The minimum atomic E-state index is 0.0618. The molecule has 1 saturated carbocycles. The highest BCUT2D eigenvalue weighted by molar-refractivity contribution is 5.78. The number of likely N-dealkylation sites (N-methyl/N-ethyl adjacent to an activating group) is 1. The Morgan fingerprint density at radius 2 is 2.00 bits per heavy atom. The van der Waals surface area contributed by atoms with Gasteiger partial charge in [0.05, 0.1) is 0 Å². The predicted molar refractivity (Wildman–Crippen MR) is 84.1 cm³/mol. The van der Waals surface area contributed by atoms with Crippen LogP contribution >= 0.6 is 0 Å². The molecule has 1 fully saturated rings. The first-order chi connectivity index (χ1) is 10.3. The third kappa shape index (κ3) is 4.21. The van der Waals surface area contributed by atoms with Crippen molar-refractivity contribution in [2.24, 2.45) is 11.7 Å². The van der Waals surface area contributed by atoms with E-state index in [0.29, 0.717) is 12.5 Å². The van der Waals surface area contributed by atoms with E-state index < -0.39 is 0 Å². The average molecular weight is 290 g/mol. The van der Waals surface area contributed by atoms with E-state index >= 15 is 0 Å². The van der Waals surface area contributed by atoms with Crippen molar-refractivity contribution in [2.75, 3.05) is 19.7 Å². The molecule has 1 amide bonds. The maximum absolute atomic E-state index is 12.5. The molecule has 2 atom stereocenters. The van der Waals surface area contributed by atoms with E-state index in [4.69, 9.17) is 10.5 Å². The molecular weight excluding hydrogens is 264 g/mol. The number of hydrogen-bond acceptors (Lipinski definition) is 3. The van der Waals surface area contributed by atoms with Gasteiger partial charge in [0.25, 0.3) is 5.91 Å². The summed E-state index contributed by atoms with van der Waals surface area (Å²) in [6, 6.07) is 9.76. The van der Waals surface area contributed by atoms with Gasteiger partial charge in [-0.05, 0) is 44.4 Å². The van der Waals surface area contributed by atoms with Crippen LogP contribution in [0, 0.1) is 5.92 Å². The van der Waals surface area contributed by atoms with Gasteiger partial charge in [0.15, 0.2) is 6.61 Å². The molecule has 0 aromatic heterocycles. The number of nitrogens with zero attached hydrogens (tertiary/aromatic N) is 1. The molecule has 1 aliphatic rings. The fraction of sp³-hybridized carbons (Fsp3) is 0.588. The van der Waals surface area contributed by atoms with Crippen LogP contribution in [0.3, 0.4) is 0 Å². The van der Waals surface area contributed by atoms with Gasteiger partial charge in [-0.15, -0.1) is 0 Å². The number of amides is 1. The molecule has 2 unspecified atom stereocenters. The predicted octanol–water partition coefficient (Wildman–Crippen LogP) is 2.43. The lowest BCUT2D eigenvalue weighted by atomic mass is 9.83. The number of carbonyl (C=O) groups is 1. The Morgan fingerprint density at radius 3 is 2.67 bits per heavy atom. The van der Waals surface area contributed by atoms with Crippen LogP contribution in [-0.2, 0) is 4.79 Å². The normalized spacial score (nSPS) is 21.8. The fourth-order valence-corrected chi connectivity index (χ4v) is 3.21. The van der Waals surface area contributed by atoms with E-state index in [1.165, 1.54) is 12.8 Å². The van der Waals surface area contributed by atoms with Crippen molar-refractivity contribution in [3.05, 3.63) is 30.3 Å². The molecule has 4 nitrogen and oxygen atoms in total. The van der Waals surface area contributed by atoms with E-state index in [1.54, 1.807) is 0 Å². The van der Waals surface area contributed by atoms with Gasteiger partial charge in [0.2, 0.25) is 0 Å². The summed E-state index contributed by atoms with van der Waals surface area (Å²) in [7, 11) is 0. The number of rotatable bonds is 6. The Labute approximate surface area is 127 Å². The smallest absolute Gasteiger partial charge is 0.260 e. The Balaban J connectivity index is 1.94. The third-order valence-corrected chi connectivity index (χ3v) is 4.34. The molecule has 1 aromatic rings. The molecule has 2 N–H and O–H groups in total. The molecule has 0 aliphatic heterocycles. The van der Waals surface area contributed by atoms with Gasteiger partial charge < -0.3 is 15.4 Å². The zero-order chi connectivity index (χ0) is 15.1. The molecule has 116 valence electrons. The van der Waals surface area contributed by atoms with Crippen molar-refractivity contribution in [2.45, 2.75) is 38.6 Å². The quantitative estimate of drug-likeness (QED) is 0.875. The molecule has 0 saturated heterocycles. The number of carbonyl (C=O) groups excluding carboxylic acids is 1. The molecule has 1 aliphatic carbocycles. The third-order valence-electron chi connectivity index (χ3n) is 4.34. The molecule has 0 bridgehead atoms. The first-order valence-corrected chi connectivity index (χ1v) is 7.93. The number of ether oxygens (including phenoxy) is 1. The Bertz CT molecular complexity index is 436. The number of para-hydroxylation sites is 1. The standard InChI is InChI=1S/C17H26N2O2/c1-2-19(16-11-7-6-8-14(16)12-18)17(20)13-21-15-9-4-3-5-10-15/h3-5,9-10,14,16H,2,6-8,11-13,18H2,1H3. The van der Waals surface area contributed by atoms with E-state index in [1.807, 2.05) is 42.2 Å². The second kappa shape index (κ2) is 8.03. The Hall–Kier alpha value is -1.55. The Morgan fingerprint density at radius 1 is 1.29 bits per heavy atom. The number of nitrogens with two attached hydrogens (primary N) is 1. The van der Waals surface area contributed by atoms with Crippen LogP contribution in [0.15, 0.2) is 30.3 Å². The second-order valence-corrected chi connectivity index (χ2v) is 5.63. The van der Waals surface area contributed by atoms with E-state index in [9.17, 15) is 4.79 Å². The maximum atomic E-state index is 12.5. The number of hydrogen-bond donors (Lipinski definition) is 1. The van der Waals surface area contributed by atoms with Gasteiger partial charge in [-0.25, -0.2) is 0 Å². The summed E-state index contributed by atoms with van der Waals surface area (Å²) >= 11 is 0. The average Bonchev–Trinajstić information content (AvgIpc) is 2.55. The minimum absolute atomic E-state index is 0.0618. The van der Waals surface area contributed by atoms with Crippen LogP contribution < -0.4 is 10.5 Å². The van der Waals surface area contributed by atoms with Crippen molar-refractivity contribution in [3.8, 4) is 5.75 Å². The van der Waals surface area contributed by atoms with E-state index in [2.05, 4.69) is 0 Å². The highest BCUT2D eigenvalue weighted by Crippen LogP contribution is 2.28. The number of benzene rings is 1. The second-order valence-electron chi connectivity index (χ2n) is 5.63. The van der Waals surface area contributed by atoms with E-state index in [0.717, 1.165) is 25.1 Å². The summed E-state index contributed by atoms with van der Waals surface area (Å²) in [5, 5.41) is 0. The first-order valence-electron chi connectivity index (χ1n) is 7.93. The minimum Gasteiger partial charge on any atom is -0.484 e. The van der Waals surface area contributed by atoms with Gasteiger partial charge >= 0.3 is 0 Å². The zero-order valence-corrected chi connectivity index (χ0v) is 12.8. The van der Waals surface area contributed by atoms with Crippen molar-refractivity contribution in [1.82, 2.24) is 4.90 Å². The largest absolute Gasteiger partial charge is 0.484 e. The topological polar surface area (TPSA) is 55.6 Å². The van der Waals surface area contributed by atoms with Crippen LogP contribution in [-0.4, -0.2) is 36.5 Å². The molecule has 0 heterocycles. The lowest BCUT2D eigenvalue weighted by Gasteiger charge is -2.39. The summed E-state index contributed by atoms with van der Waals surface area (Å²) in [6.07, 6.45) is 4.60. The van der Waals surface area contributed by atoms with E-state index in [-0.39, 0.29) is 18.6 Å². The summed E-state index contributed by atoms with van der Waals surface area (Å²) < 4.78 is 5.59. The molecule has 4 heteroatoms. The van der Waals surface area contributed by atoms with Gasteiger partial charge in [0, 0.05) is 12.6 Å². The van der Waals surface area contributed by atoms with Crippen LogP contribution in [0.2, 0.25) is 0 Å². The van der Waals surface area contributed by atoms with Crippen molar-refractivity contribution in [1.29, 1.82) is 0 Å². The summed E-state index contributed by atoms with van der Waals surface area (Å²) in [4.78, 5) is 14.4.